The van der Waals surface area contributed by atoms with Gasteiger partial charge in [-0.05, 0) is 25.0 Å². The second-order valence-corrected chi connectivity index (χ2v) is 8.58. The first-order chi connectivity index (χ1) is 13.6. The molecule has 2 heterocycles. The van der Waals surface area contributed by atoms with Crippen LogP contribution in [0.25, 0.3) is 11.3 Å². The van der Waals surface area contributed by atoms with E-state index in [-0.39, 0.29) is 17.8 Å². The maximum absolute atomic E-state index is 12.3. The maximum Gasteiger partial charge on any atom is 0.320 e. The Bertz CT molecular complexity index is 989. The third kappa shape index (κ3) is 4.26. The molecule has 1 aliphatic rings. The highest BCUT2D eigenvalue weighted by molar-refractivity contribution is 8.01. The molecule has 0 fully saturated rings. The number of thioether (sulfide) groups is 1. The SMILES string of the molecule is Cc1ccc(-c2csc(NC(=O)COC(=O)C3Cc4ccccc4S3)n2)cc1. The van der Waals surface area contributed by atoms with Crippen molar-refractivity contribution in [3.8, 4) is 11.3 Å². The van der Waals surface area contributed by atoms with Crippen molar-refractivity contribution in [2.24, 2.45) is 0 Å². The molecule has 1 atom stereocenters. The number of thiazole rings is 1. The summed E-state index contributed by atoms with van der Waals surface area (Å²) in [5.74, 6) is -0.755. The molecule has 0 bridgehead atoms. The smallest absolute Gasteiger partial charge is 0.320 e. The summed E-state index contributed by atoms with van der Waals surface area (Å²) in [5, 5.41) is 4.77. The van der Waals surface area contributed by atoms with Crippen LogP contribution in [0.4, 0.5) is 5.13 Å². The van der Waals surface area contributed by atoms with E-state index >= 15 is 0 Å². The first-order valence-electron chi connectivity index (χ1n) is 8.82. The summed E-state index contributed by atoms with van der Waals surface area (Å²) in [4.78, 5) is 29.9. The molecule has 5 nitrogen and oxygen atoms in total. The van der Waals surface area contributed by atoms with Crippen LogP contribution in [-0.4, -0.2) is 28.7 Å². The van der Waals surface area contributed by atoms with Crippen LogP contribution in [0.1, 0.15) is 11.1 Å². The number of carbonyl (C=O) groups is 2. The van der Waals surface area contributed by atoms with Crippen molar-refractivity contribution >= 4 is 40.1 Å². The number of carbonyl (C=O) groups excluding carboxylic acids is 2. The molecule has 1 amide bonds. The third-order valence-electron chi connectivity index (χ3n) is 4.35. The van der Waals surface area contributed by atoms with Gasteiger partial charge in [-0.15, -0.1) is 23.1 Å². The van der Waals surface area contributed by atoms with Crippen molar-refractivity contribution in [1.82, 2.24) is 4.98 Å². The second kappa shape index (κ2) is 8.16. The zero-order chi connectivity index (χ0) is 19.5. The average Bonchev–Trinajstić information content (AvgIpc) is 3.33. The number of nitrogens with zero attached hydrogens (tertiary/aromatic N) is 1. The number of amides is 1. The molecule has 1 N–H and O–H groups in total. The largest absolute Gasteiger partial charge is 0.455 e. The molecule has 142 valence electrons. The van der Waals surface area contributed by atoms with Gasteiger partial charge in [0.1, 0.15) is 5.25 Å². The molecule has 7 heteroatoms. The van der Waals surface area contributed by atoms with Gasteiger partial charge in [0.2, 0.25) is 0 Å². The predicted molar refractivity (Wildman–Crippen MR) is 112 cm³/mol. The molecular formula is C21H18N2O3S2. The Hall–Kier alpha value is -2.64. The van der Waals surface area contributed by atoms with Crippen LogP contribution in [0.5, 0.6) is 0 Å². The van der Waals surface area contributed by atoms with Gasteiger partial charge in [0.25, 0.3) is 5.91 Å². The number of benzene rings is 2. The van der Waals surface area contributed by atoms with E-state index in [4.69, 9.17) is 4.74 Å². The van der Waals surface area contributed by atoms with Crippen LogP contribution in [-0.2, 0) is 20.7 Å². The van der Waals surface area contributed by atoms with E-state index in [0.717, 1.165) is 21.7 Å². The molecule has 0 spiro atoms. The van der Waals surface area contributed by atoms with E-state index in [1.165, 1.54) is 28.7 Å². The summed E-state index contributed by atoms with van der Waals surface area (Å²) in [6, 6.07) is 15.9. The van der Waals surface area contributed by atoms with Crippen LogP contribution in [0.2, 0.25) is 0 Å². The Morgan fingerprint density at radius 1 is 1.18 bits per heavy atom. The summed E-state index contributed by atoms with van der Waals surface area (Å²) in [7, 11) is 0. The van der Waals surface area contributed by atoms with E-state index < -0.39 is 5.91 Å². The topological polar surface area (TPSA) is 68.3 Å². The fraction of sp³-hybridized carbons (Fsp3) is 0.190. The minimum absolute atomic E-state index is 0.293. The molecule has 1 aromatic heterocycles. The number of hydrogen-bond donors (Lipinski definition) is 1. The van der Waals surface area contributed by atoms with Crippen LogP contribution < -0.4 is 5.32 Å². The third-order valence-corrected chi connectivity index (χ3v) is 6.41. The summed E-state index contributed by atoms with van der Waals surface area (Å²) in [6.45, 7) is 1.71. The quantitative estimate of drug-likeness (QED) is 0.635. The number of anilines is 1. The Morgan fingerprint density at radius 2 is 1.96 bits per heavy atom. The highest BCUT2D eigenvalue weighted by atomic mass is 32.2. The van der Waals surface area contributed by atoms with E-state index in [9.17, 15) is 9.59 Å². The zero-order valence-corrected chi connectivity index (χ0v) is 16.8. The molecule has 1 unspecified atom stereocenters. The Labute approximate surface area is 171 Å². The van der Waals surface area contributed by atoms with E-state index in [1.807, 2.05) is 60.8 Å². The van der Waals surface area contributed by atoms with Crippen molar-refractivity contribution < 1.29 is 14.3 Å². The Balaban J connectivity index is 1.28. The number of rotatable bonds is 5. The highest BCUT2D eigenvalue weighted by Crippen LogP contribution is 2.37. The molecule has 0 saturated carbocycles. The molecule has 1 aliphatic heterocycles. The van der Waals surface area contributed by atoms with Gasteiger partial charge in [0.15, 0.2) is 11.7 Å². The zero-order valence-electron chi connectivity index (χ0n) is 15.2. The molecule has 2 aromatic carbocycles. The monoisotopic (exact) mass is 410 g/mol. The van der Waals surface area contributed by atoms with Crippen molar-refractivity contribution in [1.29, 1.82) is 0 Å². The molecule has 0 radical (unpaired) electrons. The molecule has 3 aromatic rings. The Morgan fingerprint density at radius 3 is 2.75 bits per heavy atom. The number of aromatic nitrogens is 1. The van der Waals surface area contributed by atoms with Gasteiger partial charge in [-0.3, -0.25) is 14.9 Å². The van der Waals surface area contributed by atoms with Crippen molar-refractivity contribution in [2.45, 2.75) is 23.5 Å². The predicted octanol–water partition coefficient (Wildman–Crippen LogP) is 4.32. The van der Waals surface area contributed by atoms with Gasteiger partial charge >= 0.3 is 5.97 Å². The molecule has 0 saturated heterocycles. The van der Waals surface area contributed by atoms with Crippen LogP contribution >= 0.6 is 23.1 Å². The number of ether oxygens (including phenoxy) is 1. The van der Waals surface area contributed by atoms with E-state index in [0.29, 0.717) is 11.6 Å². The van der Waals surface area contributed by atoms with Crippen molar-refractivity contribution in [2.75, 3.05) is 11.9 Å². The standard InChI is InChI=1S/C21H18N2O3S2/c1-13-6-8-14(9-7-13)16-12-27-21(22-16)23-19(24)11-26-20(25)18-10-15-4-2-3-5-17(15)28-18/h2-9,12,18H,10-11H2,1H3,(H,22,23,24). The van der Waals surface area contributed by atoms with Gasteiger partial charge in [0, 0.05) is 15.8 Å². The van der Waals surface area contributed by atoms with Crippen LogP contribution in [0.15, 0.2) is 58.8 Å². The lowest BCUT2D eigenvalue weighted by molar-refractivity contribution is -0.146. The van der Waals surface area contributed by atoms with Crippen LogP contribution in [0, 0.1) is 6.92 Å². The maximum atomic E-state index is 12.3. The normalized spacial score (nSPS) is 15.1. The summed E-state index contributed by atoms with van der Waals surface area (Å²) in [6.07, 6.45) is 0.633. The fourth-order valence-electron chi connectivity index (χ4n) is 2.89. The molecular weight excluding hydrogens is 392 g/mol. The van der Waals surface area contributed by atoms with E-state index in [1.54, 1.807) is 0 Å². The highest BCUT2D eigenvalue weighted by Gasteiger charge is 2.29. The second-order valence-electron chi connectivity index (χ2n) is 6.48. The first-order valence-corrected chi connectivity index (χ1v) is 10.6. The molecule has 0 aliphatic carbocycles. The van der Waals surface area contributed by atoms with Crippen molar-refractivity contribution in [3.63, 3.8) is 0 Å². The van der Waals surface area contributed by atoms with Gasteiger partial charge in [-0.25, -0.2) is 4.98 Å². The number of esters is 1. The number of nitrogens with one attached hydrogen (secondary N) is 1. The lowest BCUT2D eigenvalue weighted by Gasteiger charge is -2.08. The fourth-order valence-corrected chi connectivity index (χ4v) is 4.82. The number of hydrogen-bond acceptors (Lipinski definition) is 6. The summed E-state index contributed by atoms with van der Waals surface area (Å²) >= 11 is 2.83. The molecule has 4 rings (SSSR count). The Kier molecular flexibility index (Phi) is 5.45. The summed E-state index contributed by atoms with van der Waals surface area (Å²) < 4.78 is 5.20. The van der Waals surface area contributed by atoms with Gasteiger partial charge in [0.05, 0.1) is 5.69 Å². The van der Waals surface area contributed by atoms with Crippen LogP contribution in [0.3, 0.4) is 0 Å². The van der Waals surface area contributed by atoms with E-state index in [2.05, 4.69) is 10.3 Å². The molecule has 28 heavy (non-hydrogen) atoms. The number of fused-ring (bicyclic) bond motifs is 1. The van der Waals surface area contributed by atoms with Gasteiger partial charge in [-0.1, -0.05) is 48.0 Å². The number of aryl methyl sites for hydroxylation is 1. The minimum atomic E-state index is -0.390. The average molecular weight is 411 g/mol. The minimum Gasteiger partial charge on any atom is -0.455 e. The summed E-state index contributed by atoms with van der Waals surface area (Å²) in [5.41, 5.74) is 4.12. The van der Waals surface area contributed by atoms with Gasteiger partial charge in [-0.2, -0.15) is 0 Å². The van der Waals surface area contributed by atoms with Gasteiger partial charge < -0.3 is 4.74 Å². The first kappa shape index (κ1) is 18.7. The lowest BCUT2D eigenvalue weighted by Crippen LogP contribution is -2.26. The van der Waals surface area contributed by atoms with Crippen molar-refractivity contribution in [3.05, 3.63) is 65.0 Å². The lowest BCUT2D eigenvalue weighted by atomic mass is 10.1.